The Morgan fingerprint density at radius 1 is 1.18 bits per heavy atom. The van der Waals surface area contributed by atoms with Gasteiger partial charge in [0.05, 0.1) is 10.2 Å². The van der Waals surface area contributed by atoms with Crippen LogP contribution in [0.5, 0.6) is 0 Å². The van der Waals surface area contributed by atoms with Crippen LogP contribution in [-0.4, -0.2) is 46.8 Å². The number of alkyl halides is 3. The number of nitrogens with zero attached hydrogens (tertiary/aromatic N) is 4. The average molecular weight is 480 g/mol. The molecule has 0 saturated carbocycles. The molecule has 0 radical (unpaired) electrons. The molecule has 0 unspecified atom stereocenters. The van der Waals surface area contributed by atoms with E-state index in [0.29, 0.717) is 43.3 Å². The molecule has 2 aromatic rings. The molecule has 0 aliphatic carbocycles. The number of carbonyl (C=O) groups excluding carboxylic acids is 1. The topological polar surface area (TPSA) is 41.4 Å². The molecule has 10 heteroatoms. The first-order chi connectivity index (χ1) is 13.2. The summed E-state index contributed by atoms with van der Waals surface area (Å²) < 4.78 is 40.3. The number of rotatable bonds is 4. The smallest absolute Gasteiger partial charge is 0.368 e. The largest absolute Gasteiger partial charge is 0.436 e. The van der Waals surface area contributed by atoms with E-state index in [0.717, 1.165) is 10.4 Å². The minimum atomic E-state index is -4.57. The third-order valence-electron chi connectivity index (χ3n) is 4.71. The number of anilines is 1. The van der Waals surface area contributed by atoms with Crippen molar-refractivity contribution in [3.8, 4) is 0 Å². The Balaban J connectivity index is 1.66. The molecule has 0 N–H and O–H groups in total. The molecular formula is C18H19BrClF3N4O. The van der Waals surface area contributed by atoms with Crippen molar-refractivity contribution in [2.24, 2.45) is 0 Å². The second-order valence-electron chi connectivity index (χ2n) is 6.46. The SMILES string of the molecule is CCc1c(Br)c(C(F)(F)F)nn1CC(=O)N1CCN(c2ccc(Cl)cc2)CC1. The summed E-state index contributed by atoms with van der Waals surface area (Å²) >= 11 is 8.88. The molecule has 0 spiro atoms. The molecule has 0 bridgehead atoms. The molecule has 1 aromatic carbocycles. The predicted molar refractivity (Wildman–Crippen MR) is 105 cm³/mol. The maximum Gasteiger partial charge on any atom is 0.436 e. The lowest BCUT2D eigenvalue weighted by atomic mass is 10.2. The highest BCUT2D eigenvalue weighted by Gasteiger charge is 2.38. The van der Waals surface area contributed by atoms with Crippen LogP contribution in [0, 0.1) is 0 Å². The zero-order chi connectivity index (χ0) is 20.5. The van der Waals surface area contributed by atoms with Crippen LogP contribution in [0.4, 0.5) is 18.9 Å². The zero-order valence-corrected chi connectivity index (χ0v) is 17.5. The second-order valence-corrected chi connectivity index (χ2v) is 7.69. The van der Waals surface area contributed by atoms with Gasteiger partial charge >= 0.3 is 6.18 Å². The number of amides is 1. The lowest BCUT2D eigenvalue weighted by molar-refractivity contribution is -0.142. The zero-order valence-electron chi connectivity index (χ0n) is 15.1. The minimum Gasteiger partial charge on any atom is -0.368 e. The van der Waals surface area contributed by atoms with Crippen LogP contribution in [-0.2, 0) is 23.9 Å². The highest BCUT2D eigenvalue weighted by atomic mass is 79.9. The highest BCUT2D eigenvalue weighted by molar-refractivity contribution is 9.10. The molecule has 1 aliphatic rings. The van der Waals surface area contributed by atoms with Crippen LogP contribution in [0.15, 0.2) is 28.7 Å². The van der Waals surface area contributed by atoms with Gasteiger partial charge in [-0.25, -0.2) is 0 Å². The first-order valence-electron chi connectivity index (χ1n) is 8.81. The first-order valence-corrected chi connectivity index (χ1v) is 9.98. The summed E-state index contributed by atoms with van der Waals surface area (Å²) in [7, 11) is 0. The van der Waals surface area contributed by atoms with E-state index in [2.05, 4.69) is 25.9 Å². The van der Waals surface area contributed by atoms with Gasteiger partial charge in [-0.1, -0.05) is 18.5 Å². The fourth-order valence-electron chi connectivity index (χ4n) is 3.22. The molecule has 1 aromatic heterocycles. The molecular weight excluding hydrogens is 461 g/mol. The minimum absolute atomic E-state index is 0.0946. The van der Waals surface area contributed by atoms with Crippen LogP contribution in [0.1, 0.15) is 18.3 Å². The van der Waals surface area contributed by atoms with Crippen molar-refractivity contribution in [1.29, 1.82) is 0 Å². The summed E-state index contributed by atoms with van der Waals surface area (Å²) in [4.78, 5) is 16.4. The van der Waals surface area contributed by atoms with Crippen molar-refractivity contribution in [2.45, 2.75) is 26.1 Å². The normalized spacial score (nSPS) is 15.2. The third kappa shape index (κ3) is 4.46. The van der Waals surface area contributed by atoms with Crippen LogP contribution >= 0.6 is 27.5 Å². The summed E-state index contributed by atoms with van der Waals surface area (Å²) in [6.07, 6.45) is -4.23. The number of halogens is 5. The Labute approximate surface area is 174 Å². The summed E-state index contributed by atoms with van der Waals surface area (Å²) in [5.41, 5.74) is 0.390. The molecule has 1 aliphatic heterocycles. The van der Waals surface area contributed by atoms with E-state index in [9.17, 15) is 18.0 Å². The van der Waals surface area contributed by atoms with Crippen molar-refractivity contribution in [1.82, 2.24) is 14.7 Å². The van der Waals surface area contributed by atoms with E-state index in [4.69, 9.17) is 11.6 Å². The van der Waals surface area contributed by atoms with E-state index >= 15 is 0 Å². The molecule has 5 nitrogen and oxygen atoms in total. The van der Waals surface area contributed by atoms with Gasteiger partial charge in [0, 0.05) is 36.9 Å². The van der Waals surface area contributed by atoms with E-state index in [1.807, 2.05) is 24.3 Å². The van der Waals surface area contributed by atoms with Gasteiger partial charge in [-0.05, 0) is 46.6 Å². The van der Waals surface area contributed by atoms with E-state index in [-0.39, 0.29) is 16.9 Å². The van der Waals surface area contributed by atoms with Gasteiger partial charge in [0.2, 0.25) is 5.91 Å². The Hall–Kier alpha value is -1.74. The lowest BCUT2D eigenvalue weighted by Crippen LogP contribution is -2.49. The third-order valence-corrected chi connectivity index (χ3v) is 5.79. The van der Waals surface area contributed by atoms with Crippen LogP contribution in [0.3, 0.4) is 0 Å². The fourth-order valence-corrected chi connectivity index (χ4v) is 4.13. The quantitative estimate of drug-likeness (QED) is 0.659. The van der Waals surface area contributed by atoms with Gasteiger partial charge in [-0.2, -0.15) is 18.3 Å². The standard InChI is InChI=1S/C18H19BrClF3N4O/c1-2-14-16(19)17(18(21,22)23)24-27(14)11-15(28)26-9-7-25(8-10-26)13-5-3-12(20)4-6-13/h3-6H,2,7-11H2,1H3. The highest BCUT2D eigenvalue weighted by Crippen LogP contribution is 2.36. The van der Waals surface area contributed by atoms with Crippen molar-refractivity contribution in [3.63, 3.8) is 0 Å². The first kappa shape index (κ1) is 21.0. The van der Waals surface area contributed by atoms with Gasteiger partial charge in [-0.3, -0.25) is 9.48 Å². The number of aromatic nitrogens is 2. The lowest BCUT2D eigenvalue weighted by Gasteiger charge is -2.36. The summed E-state index contributed by atoms with van der Waals surface area (Å²) in [5, 5.41) is 4.29. The Morgan fingerprint density at radius 3 is 2.32 bits per heavy atom. The molecule has 2 heterocycles. The number of hydrogen-bond donors (Lipinski definition) is 0. The Kier molecular flexibility index (Phi) is 6.24. The fraction of sp³-hybridized carbons (Fsp3) is 0.444. The van der Waals surface area contributed by atoms with Gasteiger partial charge in [0.15, 0.2) is 5.69 Å². The molecule has 1 fully saturated rings. The van der Waals surface area contributed by atoms with Crippen molar-refractivity contribution >= 4 is 39.1 Å². The Morgan fingerprint density at radius 2 is 1.79 bits per heavy atom. The maximum atomic E-state index is 13.1. The van der Waals surface area contributed by atoms with Crippen molar-refractivity contribution in [2.75, 3.05) is 31.1 Å². The predicted octanol–water partition coefficient (Wildman–Crippen LogP) is 4.23. The summed E-state index contributed by atoms with van der Waals surface area (Å²) in [6.45, 7) is 3.80. The van der Waals surface area contributed by atoms with E-state index < -0.39 is 11.9 Å². The molecule has 1 saturated heterocycles. The molecule has 3 rings (SSSR count). The summed E-state index contributed by atoms with van der Waals surface area (Å²) in [6, 6.07) is 7.48. The van der Waals surface area contributed by atoms with E-state index in [1.165, 1.54) is 0 Å². The number of carbonyl (C=O) groups is 1. The number of hydrogen-bond acceptors (Lipinski definition) is 3. The maximum absolute atomic E-state index is 13.1. The van der Waals surface area contributed by atoms with E-state index in [1.54, 1.807) is 11.8 Å². The summed E-state index contributed by atoms with van der Waals surface area (Å²) in [5.74, 6) is -0.241. The van der Waals surface area contributed by atoms with Crippen molar-refractivity contribution < 1.29 is 18.0 Å². The van der Waals surface area contributed by atoms with Crippen molar-refractivity contribution in [3.05, 3.63) is 45.1 Å². The number of benzene rings is 1. The van der Waals surface area contributed by atoms with Gasteiger partial charge in [-0.15, -0.1) is 0 Å². The molecule has 28 heavy (non-hydrogen) atoms. The number of piperazine rings is 1. The van der Waals surface area contributed by atoms with Crippen LogP contribution < -0.4 is 4.90 Å². The van der Waals surface area contributed by atoms with Crippen LogP contribution in [0.25, 0.3) is 0 Å². The van der Waals surface area contributed by atoms with Gasteiger partial charge < -0.3 is 9.80 Å². The van der Waals surface area contributed by atoms with Gasteiger partial charge in [0.25, 0.3) is 0 Å². The van der Waals surface area contributed by atoms with Crippen LogP contribution in [0.2, 0.25) is 5.02 Å². The van der Waals surface area contributed by atoms with Gasteiger partial charge in [0.1, 0.15) is 6.54 Å². The molecule has 0 atom stereocenters. The molecule has 152 valence electrons. The Bertz CT molecular complexity index is 846. The second kappa shape index (κ2) is 8.32. The monoisotopic (exact) mass is 478 g/mol. The molecule has 1 amide bonds. The average Bonchev–Trinajstić information content (AvgIpc) is 2.98.